The Balaban J connectivity index is 3.35. The van der Waals surface area contributed by atoms with Gasteiger partial charge in [0.25, 0.3) is 0 Å². The Morgan fingerprint density at radius 1 is 1.41 bits per heavy atom. The molecule has 0 unspecified atom stereocenters. The Bertz CT molecular complexity index is 424. The van der Waals surface area contributed by atoms with Crippen LogP contribution in [0.15, 0.2) is 23.2 Å². The van der Waals surface area contributed by atoms with Gasteiger partial charge >= 0.3 is 0 Å². The van der Waals surface area contributed by atoms with Crippen molar-refractivity contribution >= 4 is 5.84 Å². The summed E-state index contributed by atoms with van der Waals surface area (Å²) in [4.78, 5) is 4.33. The van der Waals surface area contributed by atoms with Gasteiger partial charge in [0.05, 0.1) is 18.2 Å². The van der Waals surface area contributed by atoms with Gasteiger partial charge in [0, 0.05) is 0 Å². The second-order valence-electron chi connectivity index (χ2n) is 4.59. The number of nitrogens with zero attached hydrogens (tertiary/aromatic N) is 1. The monoisotopic (exact) mass is 239 g/mol. The molecule has 0 aromatic heterocycles. The molecule has 0 saturated carbocycles. The number of benzene rings is 1. The van der Waals surface area contributed by atoms with Gasteiger partial charge in [-0.25, -0.2) is 10.2 Å². The predicted octanol–water partition coefficient (Wildman–Crippen LogP) is 1.84. The quantitative estimate of drug-likeness (QED) is 0.358. The first-order valence-electron chi connectivity index (χ1n) is 5.28. The van der Waals surface area contributed by atoms with Crippen LogP contribution in [0.3, 0.4) is 0 Å². The van der Waals surface area contributed by atoms with Crippen molar-refractivity contribution in [3.8, 4) is 5.75 Å². The van der Waals surface area contributed by atoms with Gasteiger partial charge in [-0.3, -0.25) is 4.99 Å². The first kappa shape index (κ1) is 13.4. The van der Waals surface area contributed by atoms with Gasteiger partial charge in [-0.15, -0.1) is 0 Å². The van der Waals surface area contributed by atoms with Crippen LogP contribution < -0.4 is 16.0 Å². The molecular weight excluding hydrogens is 221 g/mol. The van der Waals surface area contributed by atoms with Gasteiger partial charge < -0.3 is 10.2 Å². The number of hydrogen-bond donors (Lipinski definition) is 2. The first-order chi connectivity index (χ1) is 7.89. The van der Waals surface area contributed by atoms with Gasteiger partial charge in [-0.05, 0) is 32.9 Å². The van der Waals surface area contributed by atoms with E-state index in [-0.39, 0.29) is 16.9 Å². The van der Waals surface area contributed by atoms with Crippen LogP contribution in [0, 0.1) is 5.82 Å². The molecule has 3 N–H and O–H groups in total. The second-order valence-corrected chi connectivity index (χ2v) is 4.59. The maximum absolute atomic E-state index is 13.8. The van der Waals surface area contributed by atoms with Crippen LogP contribution in [0.25, 0.3) is 0 Å². The van der Waals surface area contributed by atoms with Gasteiger partial charge in [0.2, 0.25) is 0 Å². The molecule has 0 amide bonds. The fourth-order valence-electron chi connectivity index (χ4n) is 1.40. The van der Waals surface area contributed by atoms with E-state index >= 15 is 0 Å². The number of amidine groups is 1. The molecule has 17 heavy (non-hydrogen) atoms. The summed E-state index contributed by atoms with van der Waals surface area (Å²) in [7, 11) is 1.48. The summed E-state index contributed by atoms with van der Waals surface area (Å²) < 4.78 is 18.9. The van der Waals surface area contributed by atoms with Gasteiger partial charge in [-0.2, -0.15) is 0 Å². The van der Waals surface area contributed by atoms with Crippen molar-refractivity contribution in [3.05, 3.63) is 29.6 Å². The number of nitrogens with one attached hydrogen (secondary N) is 1. The summed E-state index contributed by atoms with van der Waals surface area (Å²) in [5, 5.41) is 0. The van der Waals surface area contributed by atoms with Crippen molar-refractivity contribution in [1.29, 1.82) is 0 Å². The van der Waals surface area contributed by atoms with Gasteiger partial charge in [0.15, 0.2) is 0 Å². The van der Waals surface area contributed by atoms with Crippen LogP contribution in [0.2, 0.25) is 0 Å². The van der Waals surface area contributed by atoms with Gasteiger partial charge in [0.1, 0.15) is 17.4 Å². The van der Waals surface area contributed by atoms with Crippen LogP contribution in [-0.2, 0) is 0 Å². The number of ether oxygens (including phenoxy) is 1. The van der Waals surface area contributed by atoms with E-state index in [2.05, 4.69) is 10.4 Å². The Hall–Kier alpha value is -1.62. The lowest BCUT2D eigenvalue weighted by Gasteiger charge is -2.17. The summed E-state index contributed by atoms with van der Waals surface area (Å²) in [5.41, 5.74) is 2.30. The lowest BCUT2D eigenvalue weighted by molar-refractivity contribution is 0.409. The fourth-order valence-corrected chi connectivity index (χ4v) is 1.40. The number of rotatable bonds is 2. The molecule has 0 atom stereocenters. The Labute approximate surface area is 101 Å². The summed E-state index contributed by atoms with van der Waals surface area (Å²) in [6.07, 6.45) is 0. The number of hydrazine groups is 1. The van der Waals surface area contributed by atoms with E-state index in [1.165, 1.54) is 13.2 Å². The SMILES string of the molecule is COc1cccc(F)c1C(=NC(C)(C)C)NN. The Morgan fingerprint density at radius 2 is 2.06 bits per heavy atom. The highest BCUT2D eigenvalue weighted by atomic mass is 19.1. The number of hydrogen-bond acceptors (Lipinski definition) is 3. The van der Waals surface area contributed by atoms with E-state index in [0.29, 0.717) is 5.75 Å². The number of aliphatic imine (C=N–C) groups is 1. The van der Waals surface area contributed by atoms with Crippen LogP contribution in [0.5, 0.6) is 5.75 Å². The molecule has 5 heteroatoms. The average Bonchev–Trinajstić information content (AvgIpc) is 2.24. The third-order valence-corrected chi connectivity index (χ3v) is 2.02. The minimum atomic E-state index is -0.426. The van der Waals surface area contributed by atoms with Crippen molar-refractivity contribution in [2.45, 2.75) is 26.3 Å². The highest BCUT2D eigenvalue weighted by molar-refractivity contribution is 6.01. The minimum Gasteiger partial charge on any atom is -0.496 e. The van der Waals surface area contributed by atoms with E-state index in [1.54, 1.807) is 12.1 Å². The third kappa shape index (κ3) is 3.42. The van der Waals surface area contributed by atoms with Crippen LogP contribution in [0.1, 0.15) is 26.3 Å². The summed E-state index contributed by atoms with van der Waals surface area (Å²) >= 11 is 0. The molecule has 0 saturated heterocycles. The minimum absolute atomic E-state index is 0.243. The van der Waals surface area contributed by atoms with E-state index in [9.17, 15) is 4.39 Å². The van der Waals surface area contributed by atoms with E-state index in [1.807, 2.05) is 20.8 Å². The Morgan fingerprint density at radius 3 is 2.53 bits per heavy atom. The largest absolute Gasteiger partial charge is 0.496 e. The molecular formula is C12H18FN3O. The molecule has 0 aliphatic carbocycles. The molecule has 0 spiro atoms. The molecule has 0 bridgehead atoms. The highest BCUT2D eigenvalue weighted by Gasteiger charge is 2.18. The van der Waals surface area contributed by atoms with Crippen molar-refractivity contribution in [1.82, 2.24) is 5.43 Å². The number of nitrogens with two attached hydrogens (primary N) is 1. The molecule has 94 valence electrons. The Kier molecular flexibility index (Phi) is 4.07. The molecule has 0 radical (unpaired) electrons. The molecule has 0 fully saturated rings. The number of methoxy groups -OCH3 is 1. The molecule has 1 aromatic rings. The second kappa shape index (κ2) is 5.14. The van der Waals surface area contributed by atoms with E-state index < -0.39 is 5.82 Å². The first-order valence-corrected chi connectivity index (χ1v) is 5.28. The van der Waals surface area contributed by atoms with Crippen molar-refractivity contribution in [2.75, 3.05) is 7.11 Å². The van der Waals surface area contributed by atoms with Crippen molar-refractivity contribution in [3.63, 3.8) is 0 Å². The predicted molar refractivity (Wildman–Crippen MR) is 66.6 cm³/mol. The standard InChI is InChI=1S/C12H18FN3O/c1-12(2,3)15-11(16-14)10-8(13)6-5-7-9(10)17-4/h5-7H,14H2,1-4H3,(H,15,16). The third-order valence-electron chi connectivity index (χ3n) is 2.02. The molecule has 0 heterocycles. The summed E-state index contributed by atoms with van der Waals surface area (Å²) in [6, 6.07) is 4.57. The van der Waals surface area contributed by atoms with Crippen molar-refractivity contribution in [2.24, 2.45) is 10.8 Å². The molecule has 0 aliphatic heterocycles. The van der Waals surface area contributed by atoms with E-state index in [0.717, 1.165) is 0 Å². The zero-order valence-electron chi connectivity index (χ0n) is 10.5. The summed E-state index contributed by atoms with van der Waals surface area (Å²) in [5.74, 6) is 5.64. The lowest BCUT2D eigenvalue weighted by Crippen LogP contribution is -2.34. The average molecular weight is 239 g/mol. The maximum atomic E-state index is 13.8. The lowest BCUT2D eigenvalue weighted by atomic mass is 10.1. The fraction of sp³-hybridized carbons (Fsp3) is 0.417. The smallest absolute Gasteiger partial charge is 0.149 e. The molecule has 1 aromatic carbocycles. The highest BCUT2D eigenvalue weighted by Crippen LogP contribution is 2.22. The topological polar surface area (TPSA) is 59.6 Å². The molecule has 1 rings (SSSR count). The van der Waals surface area contributed by atoms with Crippen molar-refractivity contribution < 1.29 is 9.13 Å². The van der Waals surface area contributed by atoms with Crippen LogP contribution in [-0.4, -0.2) is 18.5 Å². The van der Waals surface area contributed by atoms with Gasteiger partial charge in [-0.1, -0.05) is 6.07 Å². The molecule has 4 nitrogen and oxygen atoms in total. The zero-order valence-corrected chi connectivity index (χ0v) is 10.5. The maximum Gasteiger partial charge on any atom is 0.149 e. The van der Waals surface area contributed by atoms with Crippen LogP contribution in [0.4, 0.5) is 4.39 Å². The zero-order chi connectivity index (χ0) is 13.1. The normalized spacial score (nSPS) is 12.5. The number of halogens is 1. The van der Waals surface area contributed by atoms with Crippen LogP contribution >= 0.6 is 0 Å². The summed E-state index contributed by atoms with van der Waals surface area (Å²) in [6.45, 7) is 5.70. The van der Waals surface area contributed by atoms with E-state index in [4.69, 9.17) is 10.6 Å². The molecule has 0 aliphatic rings.